The molecular weight excluding hydrogens is 382 g/mol. The average molecular weight is 408 g/mol. The summed E-state index contributed by atoms with van der Waals surface area (Å²) in [4.78, 5) is 6.56. The number of hydrogen-bond acceptors (Lipinski definition) is 5. The van der Waals surface area contributed by atoms with Gasteiger partial charge in [-0.05, 0) is 51.8 Å². The molecule has 0 aliphatic carbocycles. The molecule has 27 heavy (non-hydrogen) atoms. The number of nitrogens with zero attached hydrogens (tertiary/aromatic N) is 4. The number of rotatable bonds is 3. The third-order valence-electron chi connectivity index (χ3n) is 5.74. The lowest BCUT2D eigenvalue weighted by atomic mass is 9.73. The molecule has 6 nitrogen and oxygen atoms in total. The van der Waals surface area contributed by atoms with Crippen molar-refractivity contribution in [2.45, 2.75) is 50.9 Å². The molecule has 1 N–H and O–H groups in total. The first-order valence-corrected chi connectivity index (χ1v) is 10.9. The molecule has 146 valence electrons. The summed E-state index contributed by atoms with van der Waals surface area (Å²) >= 11 is 4.79. The molecule has 4 rings (SSSR count). The van der Waals surface area contributed by atoms with Crippen molar-refractivity contribution in [2.24, 2.45) is 5.41 Å². The van der Waals surface area contributed by atoms with Crippen LogP contribution in [0, 0.1) is 5.41 Å². The van der Waals surface area contributed by atoms with Gasteiger partial charge in [-0.1, -0.05) is 11.6 Å². The van der Waals surface area contributed by atoms with Crippen molar-refractivity contribution in [3.8, 4) is 0 Å². The summed E-state index contributed by atoms with van der Waals surface area (Å²) in [5.74, 6) is 0. The van der Waals surface area contributed by atoms with Crippen LogP contribution in [0.2, 0.25) is 5.15 Å². The van der Waals surface area contributed by atoms with Gasteiger partial charge < -0.3 is 9.45 Å². The molecule has 1 spiro atoms. The summed E-state index contributed by atoms with van der Waals surface area (Å²) < 4.78 is 18.1. The Balaban J connectivity index is 1.53. The highest BCUT2D eigenvalue weighted by Gasteiger charge is 2.51. The van der Waals surface area contributed by atoms with Crippen molar-refractivity contribution >= 4 is 28.7 Å². The van der Waals surface area contributed by atoms with Crippen LogP contribution >= 0.6 is 11.6 Å². The number of anilines is 1. The van der Waals surface area contributed by atoms with Crippen molar-refractivity contribution in [1.29, 1.82) is 0 Å². The molecule has 2 aliphatic heterocycles. The van der Waals surface area contributed by atoms with E-state index in [1.54, 1.807) is 0 Å². The van der Waals surface area contributed by atoms with Gasteiger partial charge in [0.1, 0.15) is 15.9 Å². The van der Waals surface area contributed by atoms with Crippen molar-refractivity contribution < 1.29 is 4.55 Å². The molecule has 8 heteroatoms. The van der Waals surface area contributed by atoms with Gasteiger partial charge in [0.25, 0.3) is 0 Å². The van der Waals surface area contributed by atoms with E-state index in [1.165, 1.54) is 0 Å². The molecule has 0 saturated carbocycles. The van der Waals surface area contributed by atoms with Gasteiger partial charge in [-0.25, -0.2) is 4.98 Å². The summed E-state index contributed by atoms with van der Waals surface area (Å²) in [6, 6.07) is 5.98. The molecular formula is C19H26ClN5OS. The molecule has 2 aromatic heterocycles. The van der Waals surface area contributed by atoms with E-state index < -0.39 is 11.4 Å². The molecule has 0 aromatic carbocycles. The van der Waals surface area contributed by atoms with Gasteiger partial charge in [0.15, 0.2) is 0 Å². The molecule has 1 fully saturated rings. The van der Waals surface area contributed by atoms with Gasteiger partial charge in [-0.2, -0.15) is 5.10 Å². The number of nitrogens with one attached hydrogen (secondary N) is 1. The van der Waals surface area contributed by atoms with Gasteiger partial charge in [0.05, 0.1) is 17.6 Å². The Morgan fingerprint density at radius 2 is 2.00 bits per heavy atom. The third kappa shape index (κ3) is 3.58. The Morgan fingerprint density at radius 3 is 2.63 bits per heavy atom. The number of piperidine rings is 1. The molecule has 0 radical (unpaired) electrons. The second kappa shape index (κ2) is 6.95. The maximum atomic E-state index is 12.8. The second-order valence-corrected chi connectivity index (χ2v) is 10.9. The lowest BCUT2D eigenvalue weighted by molar-refractivity contribution is 0.161. The van der Waals surface area contributed by atoms with E-state index >= 15 is 0 Å². The SMILES string of the molecule is CC(C)(C)[S@+]([O-])N[C@@H]1c2ccnn2CC12CCN(c1ccc(Cl)nc1)CC2. The fourth-order valence-corrected chi connectivity index (χ4v) is 5.15. The first kappa shape index (κ1) is 19.1. The largest absolute Gasteiger partial charge is 0.598 e. The van der Waals surface area contributed by atoms with Gasteiger partial charge in [0.2, 0.25) is 0 Å². The Labute approximate surface area is 168 Å². The minimum Gasteiger partial charge on any atom is -0.598 e. The highest BCUT2D eigenvalue weighted by Crippen LogP contribution is 2.50. The third-order valence-corrected chi connectivity index (χ3v) is 7.53. The van der Waals surface area contributed by atoms with Crippen LogP contribution < -0.4 is 9.62 Å². The van der Waals surface area contributed by atoms with E-state index in [9.17, 15) is 4.55 Å². The van der Waals surface area contributed by atoms with E-state index in [1.807, 2.05) is 45.3 Å². The normalized spacial score (nSPS) is 22.9. The van der Waals surface area contributed by atoms with E-state index in [-0.39, 0.29) is 16.2 Å². The lowest BCUT2D eigenvalue weighted by Crippen LogP contribution is -2.49. The van der Waals surface area contributed by atoms with Crippen molar-refractivity contribution in [1.82, 2.24) is 19.5 Å². The second-order valence-electron chi connectivity index (χ2n) is 8.53. The maximum Gasteiger partial charge on any atom is 0.136 e. The summed E-state index contributed by atoms with van der Waals surface area (Å²) in [6.07, 6.45) is 5.70. The maximum absolute atomic E-state index is 12.8. The zero-order valence-electron chi connectivity index (χ0n) is 16.0. The van der Waals surface area contributed by atoms with Crippen LogP contribution in [0.3, 0.4) is 0 Å². The van der Waals surface area contributed by atoms with Crippen molar-refractivity contribution in [2.75, 3.05) is 18.0 Å². The van der Waals surface area contributed by atoms with Gasteiger partial charge >= 0.3 is 0 Å². The zero-order chi connectivity index (χ0) is 19.2. The van der Waals surface area contributed by atoms with Crippen LogP contribution in [0.5, 0.6) is 0 Å². The Bertz CT molecular complexity index is 795. The molecule has 2 aliphatic rings. The van der Waals surface area contributed by atoms with Gasteiger partial charge in [0, 0.05) is 42.6 Å². The quantitative estimate of drug-likeness (QED) is 0.624. The van der Waals surface area contributed by atoms with Gasteiger partial charge in [-0.15, -0.1) is 4.72 Å². The minimum atomic E-state index is -1.12. The van der Waals surface area contributed by atoms with Crippen LogP contribution in [-0.2, 0) is 17.9 Å². The smallest absolute Gasteiger partial charge is 0.136 e. The zero-order valence-corrected chi connectivity index (χ0v) is 17.6. The molecule has 2 aromatic rings. The average Bonchev–Trinajstić information content (AvgIpc) is 3.17. The Kier molecular flexibility index (Phi) is 4.91. The summed E-state index contributed by atoms with van der Waals surface area (Å²) in [5, 5.41) is 5.01. The highest BCUT2D eigenvalue weighted by atomic mass is 35.5. The minimum absolute atomic E-state index is 0.0425. The fourth-order valence-electron chi connectivity index (χ4n) is 4.10. The molecule has 4 heterocycles. The van der Waals surface area contributed by atoms with Crippen LogP contribution in [0.4, 0.5) is 5.69 Å². The summed E-state index contributed by atoms with van der Waals surface area (Å²) in [5.41, 5.74) is 2.29. The predicted octanol–water partition coefficient (Wildman–Crippen LogP) is 3.32. The van der Waals surface area contributed by atoms with E-state index in [2.05, 4.69) is 30.5 Å². The first-order chi connectivity index (χ1) is 12.8. The summed E-state index contributed by atoms with van der Waals surface area (Å²) in [7, 11) is 0. The van der Waals surface area contributed by atoms with E-state index in [0.717, 1.165) is 43.9 Å². The Morgan fingerprint density at radius 1 is 1.26 bits per heavy atom. The number of fused-ring (bicyclic) bond motifs is 1. The molecule has 0 unspecified atom stereocenters. The summed E-state index contributed by atoms with van der Waals surface area (Å²) in [6.45, 7) is 8.77. The van der Waals surface area contributed by atoms with Crippen LogP contribution in [-0.4, -0.2) is 37.2 Å². The number of halogens is 1. The van der Waals surface area contributed by atoms with Crippen molar-refractivity contribution in [3.05, 3.63) is 41.4 Å². The fraction of sp³-hybridized carbons (Fsp3) is 0.579. The number of pyridine rings is 1. The molecule has 1 saturated heterocycles. The topological polar surface area (TPSA) is 69.0 Å². The van der Waals surface area contributed by atoms with E-state index in [4.69, 9.17) is 11.6 Å². The van der Waals surface area contributed by atoms with Crippen LogP contribution in [0.15, 0.2) is 30.6 Å². The van der Waals surface area contributed by atoms with Crippen molar-refractivity contribution in [3.63, 3.8) is 0 Å². The highest BCUT2D eigenvalue weighted by molar-refractivity contribution is 7.90. The van der Waals surface area contributed by atoms with E-state index in [0.29, 0.717) is 5.15 Å². The van der Waals surface area contributed by atoms with Crippen LogP contribution in [0.1, 0.15) is 45.3 Å². The predicted molar refractivity (Wildman–Crippen MR) is 109 cm³/mol. The Hall–Kier alpha value is -1.28. The number of aromatic nitrogens is 3. The monoisotopic (exact) mass is 407 g/mol. The number of hydrogen-bond donors (Lipinski definition) is 1. The lowest BCUT2D eigenvalue weighted by Gasteiger charge is -2.43. The standard InChI is InChI=1S/C19H26ClN5OS/c1-18(2,3)27(26)23-17-15-6-9-22-25(15)13-19(17)7-10-24(11-8-19)14-4-5-16(20)21-12-14/h4-6,9,12,17,23H,7-8,10-11,13H2,1-3H3/t17-,27+/m1/s1. The molecule has 0 bridgehead atoms. The molecule has 0 amide bonds. The molecule has 2 atom stereocenters. The first-order valence-electron chi connectivity index (χ1n) is 9.35. The van der Waals surface area contributed by atoms with Crippen LogP contribution in [0.25, 0.3) is 0 Å². The van der Waals surface area contributed by atoms with Gasteiger partial charge in [-0.3, -0.25) is 4.68 Å².